The molecule has 0 unspecified atom stereocenters. The van der Waals surface area contributed by atoms with E-state index in [1.54, 1.807) is 13.8 Å². The van der Waals surface area contributed by atoms with Crippen LogP contribution < -0.4 is 4.74 Å². The molecule has 1 aromatic heterocycles. The topological polar surface area (TPSA) is 85.7 Å². The normalized spacial score (nSPS) is 12.1. The summed E-state index contributed by atoms with van der Waals surface area (Å²) in [6.45, 7) is 10.5. The maximum absolute atomic E-state index is 12.6. The molecule has 7 heteroatoms. The number of benzene rings is 1. The summed E-state index contributed by atoms with van der Waals surface area (Å²) in [7, 11) is 0. The number of ether oxygens (including phenoxy) is 2. The largest absolute Gasteiger partial charge is 0.493 e. The molecular formula is C24H33NO5S. The van der Waals surface area contributed by atoms with Crippen molar-refractivity contribution in [3.8, 4) is 16.3 Å². The van der Waals surface area contributed by atoms with Gasteiger partial charge in [-0.05, 0) is 44.4 Å². The molecule has 0 saturated heterocycles. The van der Waals surface area contributed by atoms with Crippen molar-refractivity contribution < 1.29 is 24.2 Å². The van der Waals surface area contributed by atoms with Crippen LogP contribution in [0.2, 0.25) is 0 Å². The number of hydrogen-bond donors (Lipinski definition) is 1. The number of carbonyl (C=O) groups excluding carboxylic acids is 2. The van der Waals surface area contributed by atoms with Gasteiger partial charge in [0.2, 0.25) is 0 Å². The van der Waals surface area contributed by atoms with Gasteiger partial charge in [0.15, 0.2) is 5.78 Å². The van der Waals surface area contributed by atoms with E-state index in [0.717, 1.165) is 18.4 Å². The standard InChI is InChI=1S/C24H33NO5S/c1-6-8-9-19(26)20(27)13-18-12-17(10-11-21(18)30-14-15(3)4)23-25-16(5)22(31-23)24(28)29-7-2/h10-12,15,19,26H,6-9,13-14H2,1-5H3/t19-/m0/s1. The highest BCUT2D eigenvalue weighted by Crippen LogP contribution is 2.32. The SMILES string of the molecule is CCCC[C@H](O)C(=O)Cc1cc(-c2nc(C)c(C(=O)OCC)s2)ccc1OCC(C)C. The third-order valence-corrected chi connectivity index (χ3v) is 5.89. The van der Waals surface area contributed by atoms with E-state index >= 15 is 0 Å². The average Bonchev–Trinajstić information content (AvgIpc) is 3.12. The quantitative estimate of drug-likeness (QED) is 0.461. The van der Waals surface area contributed by atoms with Crippen LogP contribution in [0.4, 0.5) is 0 Å². The first-order chi connectivity index (χ1) is 14.8. The highest BCUT2D eigenvalue weighted by molar-refractivity contribution is 7.17. The Bertz CT molecular complexity index is 890. The number of aryl methyl sites for hydroxylation is 1. The van der Waals surface area contributed by atoms with Gasteiger partial charge in [-0.1, -0.05) is 33.6 Å². The van der Waals surface area contributed by atoms with Crippen molar-refractivity contribution in [3.05, 3.63) is 34.3 Å². The lowest BCUT2D eigenvalue weighted by Gasteiger charge is -2.15. The third-order valence-electron chi connectivity index (χ3n) is 4.70. The zero-order valence-electron chi connectivity index (χ0n) is 19.1. The zero-order valence-corrected chi connectivity index (χ0v) is 19.9. The predicted molar refractivity (Wildman–Crippen MR) is 123 cm³/mol. The average molecular weight is 448 g/mol. The van der Waals surface area contributed by atoms with E-state index in [2.05, 4.69) is 18.8 Å². The van der Waals surface area contributed by atoms with E-state index in [4.69, 9.17) is 9.47 Å². The molecule has 1 aromatic carbocycles. The van der Waals surface area contributed by atoms with Gasteiger partial charge < -0.3 is 14.6 Å². The fourth-order valence-corrected chi connectivity index (χ4v) is 3.97. The second-order valence-corrected chi connectivity index (χ2v) is 8.98. The Kier molecular flexibility index (Phi) is 9.65. The summed E-state index contributed by atoms with van der Waals surface area (Å²) in [5, 5.41) is 10.9. The molecular weight excluding hydrogens is 414 g/mol. The van der Waals surface area contributed by atoms with Gasteiger partial charge in [0.05, 0.1) is 18.9 Å². The molecule has 31 heavy (non-hydrogen) atoms. The number of Topliss-reactive ketones (excluding diaryl/α,β-unsaturated/α-hetero) is 1. The van der Waals surface area contributed by atoms with Crippen LogP contribution in [0, 0.1) is 12.8 Å². The van der Waals surface area contributed by atoms with Crippen LogP contribution in [-0.4, -0.2) is 41.2 Å². The summed E-state index contributed by atoms with van der Waals surface area (Å²) < 4.78 is 11.0. The van der Waals surface area contributed by atoms with Crippen molar-refractivity contribution in [1.29, 1.82) is 0 Å². The highest BCUT2D eigenvalue weighted by Gasteiger charge is 2.21. The van der Waals surface area contributed by atoms with Gasteiger partial charge in [-0.15, -0.1) is 11.3 Å². The number of esters is 1. The monoisotopic (exact) mass is 447 g/mol. The smallest absolute Gasteiger partial charge is 0.350 e. The molecule has 0 aliphatic carbocycles. The number of thiazole rings is 1. The molecule has 2 rings (SSSR count). The predicted octanol–water partition coefficient (Wildman–Crippen LogP) is 4.99. The Labute approximate surface area is 188 Å². The van der Waals surface area contributed by atoms with Crippen LogP contribution in [0.15, 0.2) is 18.2 Å². The zero-order chi connectivity index (χ0) is 23.0. The summed E-state index contributed by atoms with van der Waals surface area (Å²) in [6, 6.07) is 5.58. The van der Waals surface area contributed by atoms with Gasteiger partial charge >= 0.3 is 5.97 Å². The highest BCUT2D eigenvalue weighted by atomic mass is 32.1. The maximum atomic E-state index is 12.6. The number of aliphatic hydroxyl groups is 1. The molecule has 0 aliphatic rings. The molecule has 0 aliphatic heterocycles. The fourth-order valence-electron chi connectivity index (χ4n) is 3.02. The van der Waals surface area contributed by atoms with E-state index < -0.39 is 6.10 Å². The number of aromatic nitrogens is 1. The molecule has 0 fully saturated rings. The molecule has 1 N–H and O–H groups in total. The lowest BCUT2D eigenvalue weighted by molar-refractivity contribution is -0.126. The van der Waals surface area contributed by atoms with E-state index in [1.807, 2.05) is 25.1 Å². The molecule has 0 spiro atoms. The summed E-state index contributed by atoms with van der Waals surface area (Å²) >= 11 is 1.27. The van der Waals surface area contributed by atoms with E-state index in [9.17, 15) is 14.7 Å². The second kappa shape index (κ2) is 12.0. The van der Waals surface area contributed by atoms with Crippen LogP contribution >= 0.6 is 11.3 Å². The number of ketones is 1. The number of hydrogen-bond acceptors (Lipinski definition) is 7. The first kappa shape index (κ1) is 25.0. The minimum Gasteiger partial charge on any atom is -0.493 e. The van der Waals surface area contributed by atoms with Crippen molar-refractivity contribution in [2.24, 2.45) is 5.92 Å². The van der Waals surface area contributed by atoms with Crippen LogP contribution in [-0.2, 0) is 16.0 Å². The molecule has 0 radical (unpaired) electrons. The maximum Gasteiger partial charge on any atom is 0.350 e. The minimum atomic E-state index is -0.973. The summed E-state index contributed by atoms with van der Waals surface area (Å²) in [4.78, 5) is 29.7. The summed E-state index contributed by atoms with van der Waals surface area (Å²) in [5.41, 5.74) is 2.13. The first-order valence-electron chi connectivity index (χ1n) is 10.9. The van der Waals surface area contributed by atoms with Gasteiger partial charge in [-0.2, -0.15) is 0 Å². The molecule has 6 nitrogen and oxygen atoms in total. The fraction of sp³-hybridized carbons (Fsp3) is 0.542. The number of aliphatic hydroxyl groups excluding tert-OH is 1. The first-order valence-corrected chi connectivity index (χ1v) is 11.7. The van der Waals surface area contributed by atoms with E-state index in [-0.39, 0.29) is 18.2 Å². The Morgan fingerprint density at radius 1 is 1.23 bits per heavy atom. The number of rotatable bonds is 12. The lowest BCUT2D eigenvalue weighted by Crippen LogP contribution is -2.22. The van der Waals surface area contributed by atoms with E-state index in [0.29, 0.717) is 52.4 Å². The number of carbonyl (C=O) groups is 2. The van der Waals surface area contributed by atoms with Crippen molar-refractivity contribution in [2.45, 2.75) is 66.4 Å². The minimum absolute atomic E-state index is 0.0846. The molecule has 0 saturated carbocycles. The van der Waals surface area contributed by atoms with Gasteiger partial charge in [-0.25, -0.2) is 9.78 Å². The summed E-state index contributed by atoms with van der Waals surface area (Å²) in [6.07, 6.45) is 1.31. The Hall–Kier alpha value is -2.25. The van der Waals surface area contributed by atoms with Crippen molar-refractivity contribution in [1.82, 2.24) is 4.98 Å². The van der Waals surface area contributed by atoms with Gasteiger partial charge in [-0.3, -0.25) is 4.79 Å². The van der Waals surface area contributed by atoms with Crippen LogP contribution in [0.1, 0.15) is 67.9 Å². The molecule has 2 aromatic rings. The molecule has 0 bridgehead atoms. The van der Waals surface area contributed by atoms with E-state index in [1.165, 1.54) is 11.3 Å². The third kappa shape index (κ3) is 7.14. The number of nitrogens with zero attached hydrogens (tertiary/aromatic N) is 1. The number of unbranched alkanes of at least 4 members (excludes halogenated alkanes) is 1. The van der Waals surface area contributed by atoms with Crippen LogP contribution in [0.3, 0.4) is 0 Å². The molecule has 170 valence electrons. The van der Waals surface area contributed by atoms with Crippen molar-refractivity contribution in [3.63, 3.8) is 0 Å². The van der Waals surface area contributed by atoms with Crippen LogP contribution in [0.5, 0.6) is 5.75 Å². The molecule has 0 amide bonds. The Morgan fingerprint density at radius 2 is 1.97 bits per heavy atom. The summed E-state index contributed by atoms with van der Waals surface area (Å²) in [5.74, 6) is 0.372. The molecule has 1 atom stereocenters. The lowest BCUT2D eigenvalue weighted by atomic mass is 9.99. The van der Waals surface area contributed by atoms with Gasteiger partial charge in [0, 0.05) is 17.5 Å². The van der Waals surface area contributed by atoms with Crippen molar-refractivity contribution in [2.75, 3.05) is 13.2 Å². The van der Waals surface area contributed by atoms with Crippen molar-refractivity contribution >= 4 is 23.1 Å². The molecule has 1 heterocycles. The van der Waals surface area contributed by atoms with Gasteiger partial charge in [0.25, 0.3) is 0 Å². The second-order valence-electron chi connectivity index (χ2n) is 7.98. The van der Waals surface area contributed by atoms with Gasteiger partial charge in [0.1, 0.15) is 21.7 Å². The Balaban J connectivity index is 2.34. The Morgan fingerprint density at radius 3 is 2.61 bits per heavy atom. The van der Waals surface area contributed by atoms with Crippen LogP contribution in [0.25, 0.3) is 10.6 Å².